The highest BCUT2D eigenvalue weighted by Gasteiger charge is 2.43. The Labute approximate surface area is 152 Å². The molecule has 0 bridgehead atoms. The molecule has 13 nitrogen and oxygen atoms in total. The van der Waals surface area contributed by atoms with Gasteiger partial charge < -0.3 is 20.7 Å². The summed E-state index contributed by atoms with van der Waals surface area (Å²) in [6.45, 7) is -0.427. The number of pyridine rings is 1. The van der Waals surface area contributed by atoms with Gasteiger partial charge in [0, 0.05) is 24.5 Å². The second-order valence-corrected chi connectivity index (χ2v) is 7.55. The highest BCUT2D eigenvalue weighted by atomic mass is 32.2. The molecule has 0 aromatic carbocycles. The number of carbonyl (C=O) groups excluding carboxylic acids is 3. The Kier molecular flexibility index (Phi) is 4.52. The molecule has 2 fully saturated rings. The number of rotatable bonds is 4. The second kappa shape index (κ2) is 6.55. The van der Waals surface area contributed by atoms with E-state index < -0.39 is 45.4 Å². The van der Waals surface area contributed by atoms with Gasteiger partial charge in [0.15, 0.2) is 5.75 Å². The van der Waals surface area contributed by atoms with E-state index in [0.29, 0.717) is 9.21 Å². The monoisotopic (exact) mass is 400 g/mol. The Morgan fingerprint density at radius 1 is 1.33 bits per heavy atom. The minimum atomic E-state index is -4.51. The van der Waals surface area contributed by atoms with Crippen molar-refractivity contribution in [1.82, 2.24) is 23.8 Å². The van der Waals surface area contributed by atoms with Crippen LogP contribution < -0.4 is 15.9 Å². The smallest absolute Gasteiger partial charge is 0.339 e. The number of aromatic nitrogens is 1. The van der Waals surface area contributed by atoms with Crippen LogP contribution in [0.1, 0.15) is 5.69 Å². The second-order valence-electron chi connectivity index (χ2n) is 5.95. The van der Waals surface area contributed by atoms with Crippen LogP contribution in [-0.2, 0) is 21.5 Å². The summed E-state index contributed by atoms with van der Waals surface area (Å²) in [5.41, 5.74) is 4.97. The largest absolute Gasteiger partial charge is 0.503 e. The molecule has 1 aromatic heterocycles. The standard InChI is InChI=1S/C13H16N6O7S/c14-8-6-18(11(8)22)12(23)16-27(25,26)19-2-1-17(13(19)24)5-7-3-9(20)10(21)4-15-7/h3-4,8,21H,1-2,5-6,14H2,(H,15,20)(H,16,23). The number of aromatic amines is 1. The first kappa shape index (κ1) is 18.7. The number of carbonyl (C=O) groups is 3. The zero-order valence-electron chi connectivity index (χ0n) is 13.8. The van der Waals surface area contributed by atoms with E-state index in [2.05, 4.69) is 4.98 Å². The fourth-order valence-corrected chi connectivity index (χ4v) is 3.67. The van der Waals surface area contributed by atoms with E-state index in [-0.39, 0.29) is 31.9 Å². The number of nitrogens with two attached hydrogens (primary N) is 1. The van der Waals surface area contributed by atoms with Crippen LogP contribution in [0.4, 0.5) is 9.59 Å². The van der Waals surface area contributed by atoms with Gasteiger partial charge in [0.05, 0.1) is 19.6 Å². The van der Waals surface area contributed by atoms with E-state index in [0.717, 1.165) is 17.2 Å². The van der Waals surface area contributed by atoms with E-state index in [9.17, 15) is 32.7 Å². The highest BCUT2D eigenvalue weighted by molar-refractivity contribution is 7.88. The summed E-state index contributed by atoms with van der Waals surface area (Å²) in [5.74, 6) is -1.20. The highest BCUT2D eigenvalue weighted by Crippen LogP contribution is 2.16. The van der Waals surface area contributed by atoms with Crippen molar-refractivity contribution in [2.24, 2.45) is 5.73 Å². The maximum absolute atomic E-state index is 12.3. The van der Waals surface area contributed by atoms with Crippen molar-refractivity contribution >= 4 is 28.2 Å². The van der Waals surface area contributed by atoms with Crippen LogP contribution >= 0.6 is 0 Å². The molecular weight excluding hydrogens is 384 g/mol. The summed E-state index contributed by atoms with van der Waals surface area (Å²) in [6, 6.07) is -1.86. The van der Waals surface area contributed by atoms with Crippen LogP contribution in [-0.4, -0.2) is 76.3 Å². The number of urea groups is 2. The van der Waals surface area contributed by atoms with Crippen LogP contribution in [0.3, 0.4) is 0 Å². The van der Waals surface area contributed by atoms with Crippen molar-refractivity contribution in [2.75, 3.05) is 19.6 Å². The molecule has 5 N–H and O–H groups in total. The number of hydrogen-bond acceptors (Lipinski definition) is 8. The lowest BCUT2D eigenvalue weighted by atomic mass is 10.1. The van der Waals surface area contributed by atoms with Crippen molar-refractivity contribution in [2.45, 2.75) is 12.6 Å². The molecular formula is C13H16N6O7S. The van der Waals surface area contributed by atoms with Crippen LogP contribution in [0.15, 0.2) is 17.1 Å². The minimum Gasteiger partial charge on any atom is -0.503 e. The van der Waals surface area contributed by atoms with Gasteiger partial charge >= 0.3 is 22.3 Å². The molecule has 14 heteroatoms. The first-order chi connectivity index (χ1) is 12.6. The van der Waals surface area contributed by atoms with Crippen molar-refractivity contribution < 1.29 is 27.9 Å². The molecule has 0 saturated carbocycles. The molecule has 0 spiro atoms. The lowest BCUT2D eigenvalue weighted by Crippen LogP contribution is -2.65. The topological polar surface area (TPSA) is 186 Å². The maximum Gasteiger partial charge on any atom is 0.339 e. The third kappa shape index (κ3) is 3.43. The molecule has 1 aromatic rings. The first-order valence-corrected chi connectivity index (χ1v) is 9.15. The summed E-state index contributed by atoms with van der Waals surface area (Å²) in [7, 11) is -4.51. The molecule has 27 heavy (non-hydrogen) atoms. The predicted octanol–water partition coefficient (Wildman–Crippen LogP) is -2.56. The summed E-state index contributed by atoms with van der Waals surface area (Å²) in [6.07, 6.45) is 1.06. The Bertz CT molecular complexity index is 974. The van der Waals surface area contributed by atoms with Crippen molar-refractivity contribution in [3.05, 3.63) is 28.2 Å². The van der Waals surface area contributed by atoms with Crippen LogP contribution in [0, 0.1) is 0 Å². The van der Waals surface area contributed by atoms with Gasteiger partial charge in [-0.25, -0.2) is 18.6 Å². The molecule has 0 aliphatic carbocycles. The van der Waals surface area contributed by atoms with Gasteiger partial charge in [0.2, 0.25) is 11.3 Å². The summed E-state index contributed by atoms with van der Waals surface area (Å²) >= 11 is 0. The summed E-state index contributed by atoms with van der Waals surface area (Å²) in [4.78, 5) is 51.4. The molecule has 3 rings (SSSR count). The summed E-state index contributed by atoms with van der Waals surface area (Å²) < 4.78 is 26.6. The number of hydrogen-bond donors (Lipinski definition) is 4. The minimum absolute atomic E-state index is 0.0182. The molecule has 3 heterocycles. The van der Waals surface area contributed by atoms with Crippen LogP contribution in [0.5, 0.6) is 5.75 Å². The predicted molar refractivity (Wildman–Crippen MR) is 88.4 cm³/mol. The molecule has 2 aliphatic heterocycles. The molecule has 5 amide bonds. The van der Waals surface area contributed by atoms with E-state index in [1.165, 1.54) is 0 Å². The number of H-pyrrole nitrogens is 1. The molecule has 2 aliphatic rings. The zero-order chi connectivity index (χ0) is 19.9. The van der Waals surface area contributed by atoms with Gasteiger partial charge in [-0.15, -0.1) is 0 Å². The fraction of sp³-hybridized carbons (Fsp3) is 0.385. The van der Waals surface area contributed by atoms with E-state index in [1.807, 2.05) is 0 Å². The normalized spacial score (nSPS) is 20.0. The average molecular weight is 400 g/mol. The fourth-order valence-electron chi connectivity index (χ4n) is 2.59. The van der Waals surface area contributed by atoms with Gasteiger partial charge in [0.1, 0.15) is 6.04 Å². The van der Waals surface area contributed by atoms with E-state index in [1.54, 1.807) is 4.72 Å². The molecule has 2 saturated heterocycles. The van der Waals surface area contributed by atoms with Gasteiger partial charge in [0.25, 0.3) is 0 Å². The van der Waals surface area contributed by atoms with Crippen molar-refractivity contribution in [1.29, 1.82) is 0 Å². The molecule has 1 atom stereocenters. The third-order valence-corrected chi connectivity index (χ3v) is 5.44. The summed E-state index contributed by atoms with van der Waals surface area (Å²) in [5, 5.41) is 9.21. The van der Waals surface area contributed by atoms with Crippen molar-refractivity contribution in [3.63, 3.8) is 0 Å². The van der Waals surface area contributed by atoms with Gasteiger partial charge in [-0.1, -0.05) is 0 Å². The average Bonchev–Trinajstić information content (AvgIpc) is 2.96. The van der Waals surface area contributed by atoms with Crippen molar-refractivity contribution in [3.8, 4) is 5.75 Å². The van der Waals surface area contributed by atoms with Gasteiger partial charge in [-0.2, -0.15) is 8.42 Å². The first-order valence-electron chi connectivity index (χ1n) is 7.71. The number of nitrogens with zero attached hydrogens (tertiary/aromatic N) is 3. The zero-order valence-corrected chi connectivity index (χ0v) is 14.6. The maximum atomic E-state index is 12.3. The Hall–Kier alpha value is -3.13. The van der Waals surface area contributed by atoms with Gasteiger partial charge in [-0.3, -0.25) is 14.5 Å². The Morgan fingerprint density at radius 3 is 2.63 bits per heavy atom. The van der Waals surface area contributed by atoms with Crippen LogP contribution in [0.25, 0.3) is 0 Å². The lowest BCUT2D eigenvalue weighted by Gasteiger charge is -2.34. The molecule has 1 unspecified atom stereocenters. The number of amides is 5. The Morgan fingerprint density at radius 2 is 2.04 bits per heavy atom. The number of nitrogens with one attached hydrogen (secondary N) is 2. The number of β-lactam (4-membered cyclic amide) rings is 1. The quantitative estimate of drug-likeness (QED) is 0.397. The molecule has 0 radical (unpaired) electrons. The Balaban J connectivity index is 1.66. The lowest BCUT2D eigenvalue weighted by molar-refractivity contribution is -0.137. The number of likely N-dealkylation sites (tertiary alicyclic amines) is 1. The van der Waals surface area contributed by atoms with E-state index >= 15 is 0 Å². The van der Waals surface area contributed by atoms with E-state index in [4.69, 9.17) is 5.73 Å². The van der Waals surface area contributed by atoms with Crippen LogP contribution in [0.2, 0.25) is 0 Å². The van der Waals surface area contributed by atoms with Gasteiger partial charge in [-0.05, 0) is 0 Å². The third-order valence-electron chi connectivity index (χ3n) is 4.08. The SMILES string of the molecule is NC1CN(C(=O)NS(=O)(=O)N2CCN(Cc3cc(=O)c(O)c[nH]3)C2=O)C1=O. The number of imide groups is 1. The molecule has 146 valence electrons. The number of aromatic hydroxyl groups is 1.